The van der Waals surface area contributed by atoms with Gasteiger partial charge < -0.3 is 14.2 Å². The topological polar surface area (TPSA) is 77.8 Å². The van der Waals surface area contributed by atoms with Gasteiger partial charge in [0.15, 0.2) is 17.3 Å². The van der Waals surface area contributed by atoms with Crippen LogP contribution in [0.5, 0.6) is 11.5 Å². The maximum absolute atomic E-state index is 13.0. The van der Waals surface area contributed by atoms with Gasteiger partial charge in [-0.2, -0.15) is 0 Å². The van der Waals surface area contributed by atoms with Gasteiger partial charge in [-0.1, -0.05) is 23.4 Å². The van der Waals surface area contributed by atoms with Gasteiger partial charge in [0.2, 0.25) is 6.79 Å². The van der Waals surface area contributed by atoms with Crippen molar-refractivity contribution in [2.24, 2.45) is 4.99 Å². The Labute approximate surface area is 177 Å². The Morgan fingerprint density at radius 3 is 2.97 bits per heavy atom. The van der Waals surface area contributed by atoms with Crippen LogP contribution in [0.2, 0.25) is 5.02 Å². The molecule has 2 aromatic rings. The fourth-order valence-corrected chi connectivity index (χ4v) is 5.62. The number of halogens is 1. The molecule has 1 fully saturated rings. The normalized spacial score (nSPS) is 24.9. The van der Waals surface area contributed by atoms with Gasteiger partial charge in [0.1, 0.15) is 0 Å². The van der Waals surface area contributed by atoms with E-state index in [4.69, 9.17) is 30.8 Å². The first-order valence-corrected chi connectivity index (χ1v) is 10.9. The number of benzene rings is 1. The van der Waals surface area contributed by atoms with Crippen LogP contribution in [0.3, 0.4) is 0 Å². The highest BCUT2D eigenvalue weighted by molar-refractivity contribution is 8.14. The maximum atomic E-state index is 13.0. The van der Waals surface area contributed by atoms with E-state index >= 15 is 0 Å². The van der Waals surface area contributed by atoms with E-state index in [2.05, 4.69) is 18.9 Å². The average Bonchev–Trinajstić information content (AvgIpc) is 3.25. The average molecular weight is 436 g/mol. The second-order valence-corrected chi connectivity index (χ2v) is 9.87. The van der Waals surface area contributed by atoms with Gasteiger partial charge in [-0.3, -0.25) is 14.6 Å². The number of H-pyrrole nitrogens is 1. The van der Waals surface area contributed by atoms with Crippen LogP contribution in [0.1, 0.15) is 56.0 Å². The van der Waals surface area contributed by atoms with E-state index in [0.717, 1.165) is 23.4 Å². The second-order valence-electron chi connectivity index (χ2n) is 8.17. The molecule has 5 rings (SSSR count). The van der Waals surface area contributed by atoms with Crippen LogP contribution in [0.4, 0.5) is 5.82 Å². The number of aromatic nitrogens is 2. The quantitative estimate of drug-likeness (QED) is 0.747. The lowest BCUT2D eigenvalue weighted by Crippen LogP contribution is -2.35. The summed E-state index contributed by atoms with van der Waals surface area (Å²) < 4.78 is 18.7. The molecule has 29 heavy (non-hydrogen) atoms. The minimum Gasteiger partial charge on any atom is -0.454 e. The first-order valence-electron chi connectivity index (χ1n) is 9.62. The minimum absolute atomic E-state index is 0.119. The Hall–Kier alpha value is -1.90. The highest BCUT2D eigenvalue weighted by Crippen LogP contribution is 2.49. The van der Waals surface area contributed by atoms with Crippen LogP contribution < -0.4 is 15.0 Å². The first kappa shape index (κ1) is 19.1. The molecule has 9 heteroatoms. The number of fused-ring (bicyclic) bond motifs is 2. The molecule has 0 amide bonds. The summed E-state index contributed by atoms with van der Waals surface area (Å²) in [5.41, 5.74) is 1.20. The van der Waals surface area contributed by atoms with Crippen molar-refractivity contribution in [2.45, 2.75) is 50.5 Å². The lowest BCUT2D eigenvalue weighted by atomic mass is 9.94. The van der Waals surface area contributed by atoms with Crippen LogP contribution >= 0.6 is 23.4 Å². The Kier molecular flexibility index (Phi) is 4.49. The monoisotopic (exact) mass is 435 g/mol. The van der Waals surface area contributed by atoms with Crippen LogP contribution in [0, 0.1) is 0 Å². The molecule has 3 aliphatic rings. The number of nitrogens with zero attached hydrogens (tertiary/aromatic N) is 2. The Bertz CT molecular complexity index is 1070. The molecule has 0 saturated carbocycles. The summed E-state index contributed by atoms with van der Waals surface area (Å²) >= 11 is 7.95. The van der Waals surface area contributed by atoms with Gasteiger partial charge in [-0.05, 0) is 51.3 Å². The van der Waals surface area contributed by atoms with Crippen molar-refractivity contribution in [2.75, 3.05) is 13.4 Å². The van der Waals surface area contributed by atoms with Crippen molar-refractivity contribution in [3.8, 4) is 11.5 Å². The molecular formula is C20H22ClN3O4S. The number of rotatable bonds is 2. The van der Waals surface area contributed by atoms with Gasteiger partial charge in [-0.15, -0.1) is 0 Å². The van der Waals surface area contributed by atoms with Crippen molar-refractivity contribution in [3.05, 3.63) is 38.6 Å². The summed E-state index contributed by atoms with van der Waals surface area (Å²) in [6.07, 6.45) is 1.65. The van der Waals surface area contributed by atoms with Crippen LogP contribution in [-0.4, -0.2) is 33.8 Å². The molecule has 1 saturated heterocycles. The van der Waals surface area contributed by atoms with Crippen LogP contribution in [0.15, 0.2) is 21.9 Å². The van der Waals surface area contributed by atoms with Crippen LogP contribution in [-0.2, 0) is 4.74 Å². The molecular weight excluding hydrogens is 414 g/mol. The lowest BCUT2D eigenvalue weighted by Gasteiger charge is -2.36. The van der Waals surface area contributed by atoms with Gasteiger partial charge in [0.25, 0.3) is 5.56 Å². The smallest absolute Gasteiger partial charge is 0.271 e. The molecule has 7 nitrogen and oxygen atoms in total. The number of hydrogen-bond acceptors (Lipinski definition) is 6. The zero-order chi connectivity index (χ0) is 20.3. The maximum Gasteiger partial charge on any atom is 0.271 e. The Morgan fingerprint density at radius 2 is 2.17 bits per heavy atom. The second kappa shape index (κ2) is 6.82. The molecule has 154 valence electrons. The number of nitrogens with one attached hydrogen (secondary N) is 1. The third-order valence-corrected chi connectivity index (χ3v) is 6.99. The van der Waals surface area contributed by atoms with Crippen molar-refractivity contribution in [3.63, 3.8) is 0 Å². The summed E-state index contributed by atoms with van der Waals surface area (Å²) in [6.45, 7) is 6.93. The Balaban J connectivity index is 1.60. The summed E-state index contributed by atoms with van der Waals surface area (Å²) in [6, 6.07) is 3.89. The summed E-state index contributed by atoms with van der Waals surface area (Å²) in [5.74, 6) is 1.86. The molecule has 0 radical (unpaired) electrons. The van der Waals surface area contributed by atoms with E-state index in [9.17, 15) is 4.79 Å². The van der Waals surface area contributed by atoms with Gasteiger partial charge in [-0.25, -0.2) is 4.99 Å². The van der Waals surface area contributed by atoms with Gasteiger partial charge in [0, 0.05) is 6.61 Å². The van der Waals surface area contributed by atoms with Crippen molar-refractivity contribution in [1.29, 1.82) is 0 Å². The zero-order valence-electron chi connectivity index (χ0n) is 16.5. The molecule has 1 aromatic heterocycles. The highest BCUT2D eigenvalue weighted by Gasteiger charge is 2.36. The predicted octanol–water partition coefficient (Wildman–Crippen LogP) is 4.57. The first-order chi connectivity index (χ1) is 13.8. The van der Waals surface area contributed by atoms with Crippen molar-refractivity contribution < 1.29 is 14.2 Å². The fourth-order valence-electron chi connectivity index (χ4n) is 4.27. The summed E-state index contributed by atoms with van der Waals surface area (Å²) in [5, 5.41) is 4.21. The van der Waals surface area contributed by atoms with Crippen molar-refractivity contribution in [1.82, 2.24) is 9.78 Å². The summed E-state index contributed by atoms with van der Waals surface area (Å²) in [4.78, 5) is 17.8. The van der Waals surface area contributed by atoms with E-state index in [1.807, 2.05) is 23.7 Å². The molecule has 1 aromatic carbocycles. The van der Waals surface area contributed by atoms with Crippen LogP contribution in [0.25, 0.3) is 0 Å². The number of hydrogen-bond donors (Lipinski definition) is 1. The van der Waals surface area contributed by atoms with E-state index in [1.54, 1.807) is 11.8 Å². The molecule has 4 heterocycles. The van der Waals surface area contributed by atoms with E-state index in [-0.39, 0.29) is 29.2 Å². The van der Waals surface area contributed by atoms with Gasteiger partial charge >= 0.3 is 0 Å². The summed E-state index contributed by atoms with van der Waals surface area (Å²) in [7, 11) is 0. The third-order valence-electron chi connectivity index (χ3n) is 5.54. The predicted molar refractivity (Wildman–Crippen MR) is 113 cm³/mol. The molecule has 2 unspecified atom stereocenters. The highest BCUT2D eigenvalue weighted by atomic mass is 35.5. The Morgan fingerprint density at radius 1 is 1.34 bits per heavy atom. The van der Waals surface area contributed by atoms with Gasteiger partial charge in [0.05, 0.1) is 32.5 Å². The minimum atomic E-state index is -0.233. The molecule has 1 N–H and O–H groups in total. The standard InChI is InChI=1S/C20H22ClN3O4S/c1-10-22-18-15(19(25)23-24(18)12-4-5-28-20(2,3)8-12)17(29-10)11-6-13(21)16-14(7-11)26-9-27-16/h6-7,12,17H,4-5,8-9H2,1-3H3,(H,23,25). The molecule has 0 spiro atoms. The van der Waals surface area contributed by atoms with E-state index in [0.29, 0.717) is 34.5 Å². The largest absolute Gasteiger partial charge is 0.454 e. The SMILES string of the molecule is CC1=Nc2c(c(=O)[nH]n2C2CCOC(C)(C)C2)C(c2cc(Cl)c3c(c2)OCO3)S1. The van der Waals surface area contributed by atoms with E-state index < -0.39 is 0 Å². The third kappa shape index (κ3) is 3.27. The lowest BCUT2D eigenvalue weighted by molar-refractivity contribution is -0.0705. The molecule has 0 bridgehead atoms. The van der Waals surface area contributed by atoms with E-state index in [1.165, 1.54) is 0 Å². The number of ether oxygens (including phenoxy) is 3. The zero-order valence-corrected chi connectivity index (χ0v) is 18.0. The number of thioether (sulfide) groups is 1. The molecule has 0 aliphatic carbocycles. The number of aromatic amines is 1. The van der Waals surface area contributed by atoms with Crippen molar-refractivity contribution >= 4 is 34.2 Å². The molecule has 2 atom stereocenters. The molecule has 3 aliphatic heterocycles. The fraction of sp³-hybridized carbons (Fsp3) is 0.500. The number of aliphatic imine (C=N–C) groups is 1.